The predicted octanol–water partition coefficient (Wildman–Crippen LogP) is 16.2. The van der Waals surface area contributed by atoms with E-state index in [0.717, 1.165) is 72.7 Å². The molecule has 0 saturated carbocycles. The molecule has 0 fully saturated rings. The summed E-state index contributed by atoms with van der Waals surface area (Å²) in [5, 5.41) is 6.98. The molecule has 6 aromatic carbocycles. The summed E-state index contributed by atoms with van der Waals surface area (Å²) in [4.78, 5) is 24.1. The van der Waals surface area contributed by atoms with Crippen molar-refractivity contribution in [3.8, 4) is 45.0 Å². The molecule has 0 aliphatic heterocycles. The van der Waals surface area contributed by atoms with Gasteiger partial charge in [0.1, 0.15) is 17.2 Å². The smallest absolute Gasteiger partial charge is 0.163 e. The minimum atomic E-state index is -2.14. The molecule has 0 amide bonds. The van der Waals surface area contributed by atoms with Gasteiger partial charge >= 0.3 is 0 Å². The molecule has 0 aliphatic rings. The van der Waals surface area contributed by atoms with Crippen molar-refractivity contribution in [2.24, 2.45) is 5.41 Å². The van der Waals surface area contributed by atoms with Gasteiger partial charge in [-0.05, 0) is 123 Å². The number of pyridine rings is 2. The number of fused-ring (bicyclic) bond motifs is 6. The second-order valence-electron chi connectivity index (χ2n) is 21.0. The van der Waals surface area contributed by atoms with Gasteiger partial charge in [-0.1, -0.05) is 135 Å². The zero-order valence-electron chi connectivity index (χ0n) is 46.5. The Morgan fingerprint density at radius 3 is 1.96 bits per heavy atom. The van der Waals surface area contributed by atoms with E-state index < -0.39 is 18.6 Å². The van der Waals surface area contributed by atoms with Crippen LogP contribution < -0.4 is 0 Å². The van der Waals surface area contributed by atoms with Gasteiger partial charge in [-0.2, -0.15) is 0 Å². The molecule has 0 bridgehead atoms. The molecule has 4 aromatic heterocycles. The topological polar surface area (TPSA) is 77.6 Å². The maximum absolute atomic E-state index is 8.25. The quantitative estimate of drug-likeness (QED) is 0.126. The summed E-state index contributed by atoms with van der Waals surface area (Å²) < 4.78 is 45.2. The van der Waals surface area contributed by atoms with Crippen molar-refractivity contribution in [3.05, 3.63) is 173 Å². The van der Waals surface area contributed by atoms with Gasteiger partial charge in [0.15, 0.2) is 5.82 Å². The van der Waals surface area contributed by atoms with Crippen LogP contribution in [0.25, 0.3) is 88.5 Å². The third-order valence-corrected chi connectivity index (χ3v) is 12.1. The summed E-state index contributed by atoms with van der Waals surface area (Å²) in [7, 11) is 0. The van der Waals surface area contributed by atoms with Crippen molar-refractivity contribution >= 4 is 43.5 Å². The van der Waals surface area contributed by atoms with Crippen LogP contribution in [0.1, 0.15) is 109 Å². The second-order valence-corrected chi connectivity index (χ2v) is 21.0. The SMILES string of the molecule is Cc1cnc(-c2[c-]ccc3c2oc2cc4c(ccc5ccccc54)cc23)cc1-c1c(C)cc(-c2nc(C(C)(C)C)nc(C(C)(C)C)n2)cc1C.[2H]C([2H])([2H])c1c[c-]c(-c2ccc(C([2H])([2H])C(C)(C)C)cn2)cc1.[Ir]. The Balaban J connectivity index is 0.000000256. The van der Waals surface area contributed by atoms with Gasteiger partial charge < -0.3 is 14.4 Å². The Kier molecular flexibility index (Phi) is 11.6. The van der Waals surface area contributed by atoms with E-state index in [4.69, 9.17) is 31.2 Å². The molecule has 4 heterocycles. The number of nitrogens with zero attached hydrogens (tertiary/aromatic N) is 5. The maximum atomic E-state index is 8.25. The summed E-state index contributed by atoms with van der Waals surface area (Å²) in [5.74, 6) is 2.32. The van der Waals surface area contributed by atoms with Gasteiger partial charge in [0, 0.05) is 61.1 Å². The van der Waals surface area contributed by atoms with Crippen LogP contribution in [0, 0.1) is 45.2 Å². The van der Waals surface area contributed by atoms with Crippen molar-refractivity contribution in [2.75, 3.05) is 0 Å². The van der Waals surface area contributed by atoms with Crippen molar-refractivity contribution in [1.82, 2.24) is 24.9 Å². The Bertz CT molecular complexity index is 3680. The van der Waals surface area contributed by atoms with E-state index in [9.17, 15) is 0 Å². The third-order valence-electron chi connectivity index (χ3n) is 12.1. The number of hydrogen-bond acceptors (Lipinski definition) is 6. The summed E-state index contributed by atoms with van der Waals surface area (Å²) >= 11 is 0. The van der Waals surface area contributed by atoms with E-state index in [2.05, 4.69) is 152 Å². The zero-order chi connectivity index (χ0) is 52.6. The van der Waals surface area contributed by atoms with E-state index in [1.165, 1.54) is 39.4 Å². The molecule has 0 saturated heterocycles. The number of benzene rings is 6. The Morgan fingerprint density at radius 2 is 1.32 bits per heavy atom. The van der Waals surface area contributed by atoms with Crippen LogP contribution in [0.4, 0.5) is 0 Å². The van der Waals surface area contributed by atoms with Crippen molar-refractivity contribution < 1.29 is 31.4 Å². The van der Waals surface area contributed by atoms with Crippen molar-refractivity contribution in [1.29, 1.82) is 0 Å². The first-order valence-corrected chi connectivity index (χ1v) is 23.2. The predicted molar refractivity (Wildman–Crippen MR) is 283 cm³/mol. The van der Waals surface area contributed by atoms with Crippen molar-refractivity contribution in [2.45, 2.75) is 107 Å². The van der Waals surface area contributed by atoms with Crippen molar-refractivity contribution in [3.63, 3.8) is 0 Å². The average molecular weight is 1090 g/mol. The van der Waals surface area contributed by atoms with Crippen LogP contribution in [0.2, 0.25) is 0 Å². The zero-order valence-corrected chi connectivity index (χ0v) is 43.9. The van der Waals surface area contributed by atoms with Gasteiger partial charge in [0.25, 0.3) is 0 Å². The van der Waals surface area contributed by atoms with Crippen LogP contribution in [-0.4, -0.2) is 24.9 Å². The standard InChI is InChI=1S/C45H41N4O.C17H20N.Ir/c1-25-19-30(41-47-42(44(4,5)6)49-43(48-41)45(7,8)9)20-26(2)39(25)34-22-37(46-24-27(34)3)33-16-12-15-32-36-21-29-18-17-28-13-10-11-14-31(28)35(29)23-38(36)50-40(32)33;1-13-5-8-15(9-6-13)16-10-7-14(12-18-16)11-17(2,3)4;/h10-15,17-24H,1-9H3;5-8,10,12H,11H2,1-4H3;/q2*-1;/i;1D3,11D2;. The molecule has 0 aliphatic carbocycles. The fraction of sp³-hybridized carbons (Fsp3) is 0.274. The third kappa shape index (κ3) is 10.3. The number of aromatic nitrogens is 5. The first-order valence-electron chi connectivity index (χ1n) is 25.7. The fourth-order valence-electron chi connectivity index (χ4n) is 8.70. The van der Waals surface area contributed by atoms with E-state index in [1.807, 2.05) is 33.0 Å². The molecule has 0 spiro atoms. The minimum absolute atomic E-state index is 0. The molecule has 1 radical (unpaired) electrons. The molecule has 69 heavy (non-hydrogen) atoms. The summed E-state index contributed by atoms with van der Waals surface area (Å²) in [6, 6.07) is 42.5. The molecular formula is C62H61IrN5O-2. The Morgan fingerprint density at radius 1 is 0.623 bits per heavy atom. The number of rotatable bonds is 5. The molecule has 0 atom stereocenters. The number of furan rings is 1. The van der Waals surface area contributed by atoms with E-state index in [1.54, 1.807) is 24.3 Å². The molecule has 0 unspecified atom stereocenters. The Hall–Kier alpha value is -6.40. The molecule has 6 nitrogen and oxygen atoms in total. The molecule has 7 heteroatoms. The first-order chi connectivity index (χ1) is 34.2. The second kappa shape index (κ2) is 18.8. The van der Waals surface area contributed by atoms with Gasteiger partial charge in [0.05, 0.1) is 5.58 Å². The van der Waals surface area contributed by atoms with E-state index >= 15 is 0 Å². The normalized spacial score (nSPS) is 13.5. The summed E-state index contributed by atoms with van der Waals surface area (Å²) in [5.41, 5.74) is 11.2. The first kappa shape index (κ1) is 42.7. The van der Waals surface area contributed by atoms with E-state index in [0.29, 0.717) is 22.6 Å². The van der Waals surface area contributed by atoms with E-state index in [-0.39, 0.29) is 36.5 Å². The number of hydrogen-bond donors (Lipinski definition) is 0. The molecule has 0 N–H and O–H groups in total. The van der Waals surface area contributed by atoms with Gasteiger partial charge in [-0.15, -0.1) is 53.6 Å². The van der Waals surface area contributed by atoms with Crippen LogP contribution >= 0.6 is 0 Å². The van der Waals surface area contributed by atoms with Crippen LogP contribution in [0.5, 0.6) is 0 Å². The number of aryl methyl sites for hydroxylation is 4. The minimum Gasteiger partial charge on any atom is -0.501 e. The van der Waals surface area contributed by atoms with Crippen LogP contribution in [0.3, 0.4) is 0 Å². The van der Waals surface area contributed by atoms with Gasteiger partial charge in [0.2, 0.25) is 0 Å². The summed E-state index contributed by atoms with van der Waals surface area (Å²) in [6.07, 6.45) is 2.00. The summed E-state index contributed by atoms with van der Waals surface area (Å²) in [6.45, 7) is 22.8. The van der Waals surface area contributed by atoms with Crippen LogP contribution in [-0.2, 0) is 37.3 Å². The fourth-order valence-corrected chi connectivity index (χ4v) is 8.70. The van der Waals surface area contributed by atoms with Crippen LogP contribution in [0.15, 0.2) is 126 Å². The van der Waals surface area contributed by atoms with Gasteiger partial charge in [-0.3, -0.25) is 0 Å². The largest absolute Gasteiger partial charge is 0.501 e. The molecule has 351 valence electrons. The molecule has 10 rings (SSSR count). The average Bonchev–Trinajstić information content (AvgIpc) is 3.70. The maximum Gasteiger partial charge on any atom is 0.163 e. The van der Waals surface area contributed by atoms with Gasteiger partial charge in [-0.25, -0.2) is 15.0 Å². The molecular weight excluding hydrogens is 1020 g/mol. The monoisotopic (exact) mass is 1090 g/mol. The molecule has 10 aromatic rings. The Labute approximate surface area is 428 Å².